The third-order valence-electron chi connectivity index (χ3n) is 4.29. The molecule has 1 heterocycles. The Bertz CT molecular complexity index is 386. The standard InChI is InChI=1S/C15H23NO/c1-11-5-7-14(8-6-11)15(17)9-13(3)16(4)10-12(15)2/h5-8,12-13,17H,9-10H2,1-4H3/t12-,13+,15+/m1/s1. The maximum absolute atomic E-state index is 11.0. The normalized spacial score (nSPS) is 34.9. The lowest BCUT2D eigenvalue weighted by atomic mass is 9.74. The lowest BCUT2D eigenvalue weighted by Crippen LogP contribution is -2.51. The third kappa shape index (κ3) is 2.24. The predicted octanol–water partition coefficient (Wildman–Crippen LogP) is 2.54. The zero-order valence-corrected chi connectivity index (χ0v) is 11.3. The average Bonchev–Trinajstić information content (AvgIpc) is 2.27. The van der Waals surface area contributed by atoms with Crippen LogP contribution in [0.25, 0.3) is 0 Å². The molecule has 1 fully saturated rings. The van der Waals surface area contributed by atoms with Gasteiger partial charge in [-0.1, -0.05) is 36.8 Å². The summed E-state index contributed by atoms with van der Waals surface area (Å²) >= 11 is 0. The summed E-state index contributed by atoms with van der Waals surface area (Å²) in [6, 6.07) is 8.75. The molecular formula is C15H23NO. The second-order valence-electron chi connectivity index (χ2n) is 5.68. The van der Waals surface area contributed by atoms with Crippen molar-refractivity contribution in [2.75, 3.05) is 13.6 Å². The molecule has 2 heteroatoms. The number of hydrogen-bond donors (Lipinski definition) is 1. The summed E-state index contributed by atoms with van der Waals surface area (Å²) in [5.74, 6) is 0.270. The zero-order valence-electron chi connectivity index (χ0n) is 11.3. The number of aryl methyl sites for hydroxylation is 1. The van der Waals surface area contributed by atoms with Gasteiger partial charge in [0.2, 0.25) is 0 Å². The first kappa shape index (κ1) is 12.6. The Morgan fingerprint density at radius 2 is 1.82 bits per heavy atom. The lowest BCUT2D eigenvalue weighted by Gasteiger charge is -2.46. The van der Waals surface area contributed by atoms with Gasteiger partial charge in [-0.2, -0.15) is 0 Å². The van der Waals surface area contributed by atoms with Crippen molar-refractivity contribution in [1.29, 1.82) is 0 Å². The number of benzene rings is 1. The Kier molecular flexibility index (Phi) is 3.28. The maximum Gasteiger partial charge on any atom is 0.0948 e. The van der Waals surface area contributed by atoms with Crippen LogP contribution in [-0.2, 0) is 5.60 Å². The van der Waals surface area contributed by atoms with Crippen LogP contribution in [-0.4, -0.2) is 29.6 Å². The van der Waals surface area contributed by atoms with Gasteiger partial charge >= 0.3 is 0 Å². The first-order chi connectivity index (χ1) is 7.93. The fourth-order valence-corrected chi connectivity index (χ4v) is 2.81. The van der Waals surface area contributed by atoms with E-state index in [0.717, 1.165) is 18.5 Å². The van der Waals surface area contributed by atoms with Crippen molar-refractivity contribution < 1.29 is 5.11 Å². The van der Waals surface area contributed by atoms with Crippen LogP contribution in [0.3, 0.4) is 0 Å². The zero-order chi connectivity index (χ0) is 12.6. The van der Waals surface area contributed by atoms with Gasteiger partial charge in [0, 0.05) is 18.5 Å². The van der Waals surface area contributed by atoms with Crippen LogP contribution in [0.4, 0.5) is 0 Å². The molecule has 0 saturated carbocycles. The van der Waals surface area contributed by atoms with Crippen molar-refractivity contribution in [2.24, 2.45) is 5.92 Å². The largest absolute Gasteiger partial charge is 0.385 e. The SMILES string of the molecule is Cc1ccc([C@]2(O)C[C@H](C)N(C)C[C@H]2C)cc1. The fraction of sp³-hybridized carbons (Fsp3) is 0.600. The quantitative estimate of drug-likeness (QED) is 0.806. The number of likely N-dealkylation sites (tertiary alicyclic amines) is 1. The molecule has 2 rings (SSSR count). The molecule has 2 nitrogen and oxygen atoms in total. The molecule has 0 unspecified atom stereocenters. The molecule has 0 aliphatic carbocycles. The van der Waals surface area contributed by atoms with Gasteiger partial charge in [-0.15, -0.1) is 0 Å². The number of nitrogens with zero attached hydrogens (tertiary/aromatic N) is 1. The monoisotopic (exact) mass is 233 g/mol. The van der Waals surface area contributed by atoms with Crippen molar-refractivity contribution in [3.8, 4) is 0 Å². The molecule has 1 N–H and O–H groups in total. The van der Waals surface area contributed by atoms with Crippen LogP contribution in [0.1, 0.15) is 31.4 Å². The highest BCUT2D eigenvalue weighted by molar-refractivity contribution is 5.28. The van der Waals surface area contributed by atoms with Crippen LogP contribution >= 0.6 is 0 Å². The van der Waals surface area contributed by atoms with Crippen LogP contribution in [0.5, 0.6) is 0 Å². The highest BCUT2D eigenvalue weighted by Gasteiger charge is 2.42. The predicted molar refractivity (Wildman–Crippen MR) is 70.9 cm³/mol. The Hall–Kier alpha value is -0.860. The lowest BCUT2D eigenvalue weighted by molar-refractivity contribution is -0.0843. The minimum Gasteiger partial charge on any atom is -0.385 e. The number of rotatable bonds is 1. The minimum absolute atomic E-state index is 0.270. The highest BCUT2D eigenvalue weighted by atomic mass is 16.3. The number of piperidine rings is 1. The molecule has 0 aromatic heterocycles. The van der Waals surface area contributed by atoms with Crippen LogP contribution in [0, 0.1) is 12.8 Å². The van der Waals surface area contributed by atoms with E-state index in [1.807, 2.05) is 0 Å². The van der Waals surface area contributed by atoms with Crippen molar-refractivity contribution in [1.82, 2.24) is 4.90 Å². The second kappa shape index (κ2) is 4.43. The molecule has 0 radical (unpaired) electrons. The smallest absolute Gasteiger partial charge is 0.0948 e. The van der Waals surface area contributed by atoms with E-state index in [2.05, 4.69) is 57.0 Å². The van der Waals surface area contributed by atoms with E-state index < -0.39 is 5.60 Å². The molecule has 0 spiro atoms. The first-order valence-electron chi connectivity index (χ1n) is 6.43. The maximum atomic E-state index is 11.0. The van der Waals surface area contributed by atoms with Crippen molar-refractivity contribution in [2.45, 2.75) is 38.8 Å². The Labute approximate surface area is 104 Å². The van der Waals surface area contributed by atoms with E-state index in [9.17, 15) is 5.11 Å². The van der Waals surface area contributed by atoms with E-state index >= 15 is 0 Å². The average molecular weight is 233 g/mol. The molecule has 1 aromatic carbocycles. The Morgan fingerprint density at radius 3 is 2.41 bits per heavy atom. The van der Waals surface area contributed by atoms with Crippen LogP contribution in [0.15, 0.2) is 24.3 Å². The molecule has 0 amide bonds. The summed E-state index contributed by atoms with van der Waals surface area (Å²) < 4.78 is 0. The second-order valence-corrected chi connectivity index (χ2v) is 5.68. The number of hydrogen-bond acceptors (Lipinski definition) is 2. The van der Waals surface area contributed by atoms with E-state index in [0.29, 0.717) is 6.04 Å². The minimum atomic E-state index is -0.667. The summed E-state index contributed by atoms with van der Waals surface area (Å²) in [5, 5.41) is 11.0. The van der Waals surface area contributed by atoms with Gasteiger partial charge in [-0.25, -0.2) is 0 Å². The van der Waals surface area contributed by atoms with Gasteiger partial charge in [0.15, 0.2) is 0 Å². The highest BCUT2D eigenvalue weighted by Crippen LogP contribution is 2.39. The summed E-state index contributed by atoms with van der Waals surface area (Å²) in [4.78, 5) is 2.33. The van der Waals surface area contributed by atoms with Crippen molar-refractivity contribution in [3.63, 3.8) is 0 Å². The van der Waals surface area contributed by atoms with E-state index in [1.54, 1.807) is 0 Å². The van der Waals surface area contributed by atoms with Gasteiger partial charge in [0.05, 0.1) is 5.60 Å². The summed E-state index contributed by atoms with van der Waals surface area (Å²) in [6.07, 6.45) is 0.813. The van der Waals surface area contributed by atoms with Crippen molar-refractivity contribution in [3.05, 3.63) is 35.4 Å². The van der Waals surface area contributed by atoms with E-state index in [4.69, 9.17) is 0 Å². The molecule has 1 aliphatic heterocycles. The van der Waals surface area contributed by atoms with Gasteiger partial charge in [0.1, 0.15) is 0 Å². The Morgan fingerprint density at radius 1 is 1.24 bits per heavy atom. The van der Waals surface area contributed by atoms with Crippen LogP contribution in [0.2, 0.25) is 0 Å². The van der Waals surface area contributed by atoms with Crippen molar-refractivity contribution >= 4 is 0 Å². The summed E-state index contributed by atoms with van der Waals surface area (Å²) in [7, 11) is 2.13. The van der Waals surface area contributed by atoms with Gasteiger partial charge in [-0.05, 0) is 32.9 Å². The van der Waals surface area contributed by atoms with E-state index in [-0.39, 0.29) is 5.92 Å². The van der Waals surface area contributed by atoms with E-state index in [1.165, 1.54) is 5.56 Å². The summed E-state index contributed by atoms with van der Waals surface area (Å²) in [6.45, 7) is 7.35. The molecule has 1 aromatic rings. The fourth-order valence-electron chi connectivity index (χ4n) is 2.81. The molecule has 17 heavy (non-hydrogen) atoms. The molecular weight excluding hydrogens is 210 g/mol. The third-order valence-corrected chi connectivity index (χ3v) is 4.29. The molecule has 94 valence electrons. The Balaban J connectivity index is 2.31. The van der Waals surface area contributed by atoms with Gasteiger partial charge in [0.25, 0.3) is 0 Å². The number of aliphatic hydroxyl groups is 1. The topological polar surface area (TPSA) is 23.5 Å². The molecule has 0 bridgehead atoms. The van der Waals surface area contributed by atoms with Gasteiger partial charge < -0.3 is 10.0 Å². The van der Waals surface area contributed by atoms with Gasteiger partial charge in [-0.3, -0.25) is 0 Å². The first-order valence-corrected chi connectivity index (χ1v) is 6.43. The molecule has 1 aliphatic rings. The summed E-state index contributed by atoms with van der Waals surface area (Å²) in [5.41, 5.74) is 1.64. The molecule has 3 atom stereocenters. The van der Waals surface area contributed by atoms with Crippen LogP contribution < -0.4 is 0 Å². The molecule has 1 saturated heterocycles.